The number of nitrogens with one attached hydrogen (secondary N) is 1. The maximum Gasteiger partial charge on any atom is 0.404 e. The van der Waals surface area contributed by atoms with Crippen LogP contribution < -0.4 is 5.32 Å². The maximum absolute atomic E-state index is 13.5. The second-order valence-corrected chi connectivity index (χ2v) is 9.16. The van der Waals surface area contributed by atoms with Gasteiger partial charge in [0.2, 0.25) is 10.0 Å². The molecule has 0 aromatic heterocycles. The highest BCUT2D eigenvalue weighted by Crippen LogP contribution is 2.42. The van der Waals surface area contributed by atoms with Gasteiger partial charge >= 0.3 is 6.09 Å². The van der Waals surface area contributed by atoms with Crippen molar-refractivity contribution in [1.29, 1.82) is 0 Å². The number of hydrogen-bond donors (Lipinski definition) is 2. The highest BCUT2D eigenvalue weighted by Gasteiger charge is 2.42. The van der Waals surface area contributed by atoms with E-state index in [0.29, 0.717) is 25.7 Å². The van der Waals surface area contributed by atoms with E-state index in [2.05, 4.69) is 5.32 Å². The van der Waals surface area contributed by atoms with Crippen molar-refractivity contribution in [2.24, 2.45) is 0 Å². The zero-order chi connectivity index (χ0) is 21.0. The average molecular weight is 421 g/mol. The van der Waals surface area contributed by atoms with Crippen molar-refractivity contribution in [3.63, 3.8) is 0 Å². The van der Waals surface area contributed by atoms with Gasteiger partial charge in [0, 0.05) is 12.6 Å². The van der Waals surface area contributed by atoms with Gasteiger partial charge in [0.05, 0.1) is 10.9 Å². The third-order valence-corrected chi connectivity index (χ3v) is 7.26. The van der Waals surface area contributed by atoms with Crippen molar-refractivity contribution in [2.75, 3.05) is 6.54 Å². The van der Waals surface area contributed by atoms with Gasteiger partial charge in [-0.05, 0) is 62.4 Å². The Kier molecular flexibility index (Phi) is 6.54. The molecule has 1 aliphatic heterocycles. The molecular weight excluding hydrogens is 395 g/mol. The van der Waals surface area contributed by atoms with E-state index in [1.54, 1.807) is 36.4 Å². The van der Waals surface area contributed by atoms with Gasteiger partial charge in [-0.2, -0.15) is 4.31 Å². The van der Waals surface area contributed by atoms with Crippen LogP contribution in [0.3, 0.4) is 0 Å². The molecule has 156 valence electrons. The molecule has 0 unspecified atom stereocenters. The van der Waals surface area contributed by atoms with Gasteiger partial charge in [-0.1, -0.05) is 29.8 Å². The molecule has 1 amide bonds. The summed E-state index contributed by atoms with van der Waals surface area (Å²) in [5.41, 5.74) is 1.73. The normalized spacial score (nSPS) is 19.9. The number of sulfonamides is 1. The van der Waals surface area contributed by atoms with Crippen molar-refractivity contribution in [1.82, 2.24) is 9.62 Å². The molecule has 6 nitrogen and oxygen atoms in total. The Morgan fingerprint density at radius 1 is 1.14 bits per heavy atom. The average Bonchev–Trinajstić information content (AvgIpc) is 3.11. The van der Waals surface area contributed by atoms with Gasteiger partial charge in [-0.15, -0.1) is 0 Å². The van der Waals surface area contributed by atoms with Crippen LogP contribution in [-0.4, -0.2) is 36.5 Å². The molecule has 1 heterocycles. The Morgan fingerprint density at radius 2 is 1.79 bits per heavy atom. The van der Waals surface area contributed by atoms with E-state index in [4.69, 9.17) is 5.11 Å². The highest BCUT2D eigenvalue weighted by molar-refractivity contribution is 7.89. The minimum absolute atomic E-state index is 0.228. The summed E-state index contributed by atoms with van der Waals surface area (Å²) >= 11 is 0. The number of nitrogens with zero attached hydrogens (tertiary/aromatic N) is 1. The fourth-order valence-electron chi connectivity index (χ4n) is 3.86. The van der Waals surface area contributed by atoms with E-state index in [1.165, 1.54) is 16.4 Å². The van der Waals surface area contributed by atoms with Crippen molar-refractivity contribution < 1.29 is 22.7 Å². The lowest BCUT2D eigenvalue weighted by atomic mass is 10.0. The van der Waals surface area contributed by atoms with Gasteiger partial charge in [0.1, 0.15) is 5.82 Å². The summed E-state index contributed by atoms with van der Waals surface area (Å²) in [6, 6.07) is 12.1. The predicted octanol–water partition coefficient (Wildman–Crippen LogP) is 4.08. The van der Waals surface area contributed by atoms with Crippen LogP contribution in [0.2, 0.25) is 0 Å². The van der Waals surface area contributed by atoms with Crippen LogP contribution in [0.5, 0.6) is 0 Å². The van der Waals surface area contributed by atoms with Crippen LogP contribution in [0.1, 0.15) is 42.9 Å². The second-order valence-electron chi connectivity index (χ2n) is 7.32. The van der Waals surface area contributed by atoms with E-state index < -0.39 is 16.1 Å². The minimum Gasteiger partial charge on any atom is -0.465 e. The number of carbonyl (C=O) groups is 1. The van der Waals surface area contributed by atoms with Crippen molar-refractivity contribution in [3.05, 3.63) is 65.5 Å². The summed E-state index contributed by atoms with van der Waals surface area (Å²) in [4.78, 5) is 10.9. The lowest BCUT2D eigenvalue weighted by Gasteiger charge is -2.30. The molecule has 0 bridgehead atoms. The summed E-state index contributed by atoms with van der Waals surface area (Å²) in [5.74, 6) is -0.365. The summed E-state index contributed by atoms with van der Waals surface area (Å²) < 4.78 is 41.9. The molecule has 0 radical (unpaired) electrons. The monoisotopic (exact) mass is 420 g/mol. The van der Waals surface area contributed by atoms with Gasteiger partial charge in [-0.25, -0.2) is 17.6 Å². The van der Waals surface area contributed by atoms with Gasteiger partial charge < -0.3 is 10.4 Å². The van der Waals surface area contributed by atoms with Crippen LogP contribution in [0.25, 0.3) is 0 Å². The molecule has 3 rings (SSSR count). The third kappa shape index (κ3) is 4.94. The highest BCUT2D eigenvalue weighted by atomic mass is 32.2. The summed E-state index contributed by atoms with van der Waals surface area (Å²) in [6.07, 6.45) is 1.29. The molecule has 0 aliphatic carbocycles. The molecule has 1 fully saturated rings. The number of carboxylic acid groups (broad SMARTS) is 1. The number of rotatable bonds is 7. The number of hydrogen-bond acceptors (Lipinski definition) is 3. The molecule has 2 N–H and O–H groups in total. The zero-order valence-electron chi connectivity index (χ0n) is 16.2. The quantitative estimate of drug-likeness (QED) is 0.661. The summed E-state index contributed by atoms with van der Waals surface area (Å²) in [6.45, 7) is 2.16. The van der Waals surface area contributed by atoms with Crippen LogP contribution in [-0.2, 0) is 10.0 Å². The first-order valence-corrected chi connectivity index (χ1v) is 11.1. The van der Waals surface area contributed by atoms with E-state index in [9.17, 15) is 17.6 Å². The van der Waals surface area contributed by atoms with Gasteiger partial charge in [-0.3, -0.25) is 0 Å². The minimum atomic E-state index is -3.76. The SMILES string of the molecule is Cc1ccc(S(=O)(=O)N2[C@@H](CCCNC(=O)O)CC[C@H]2c2ccc(F)cc2)cc1. The molecule has 2 aromatic rings. The summed E-state index contributed by atoms with van der Waals surface area (Å²) in [7, 11) is -3.76. The third-order valence-electron chi connectivity index (χ3n) is 5.28. The van der Waals surface area contributed by atoms with Crippen molar-refractivity contribution in [3.8, 4) is 0 Å². The van der Waals surface area contributed by atoms with Crippen molar-refractivity contribution >= 4 is 16.1 Å². The number of benzene rings is 2. The Hall–Kier alpha value is -2.45. The Labute approximate surface area is 170 Å². The Morgan fingerprint density at radius 3 is 2.41 bits per heavy atom. The fraction of sp³-hybridized carbons (Fsp3) is 0.381. The molecule has 0 spiro atoms. The van der Waals surface area contributed by atoms with Crippen LogP contribution in [0.4, 0.5) is 9.18 Å². The maximum atomic E-state index is 13.5. The topological polar surface area (TPSA) is 86.7 Å². The van der Waals surface area contributed by atoms with Crippen LogP contribution in [0.15, 0.2) is 53.4 Å². The first-order valence-electron chi connectivity index (χ1n) is 9.61. The van der Waals surface area contributed by atoms with Gasteiger partial charge in [0.15, 0.2) is 0 Å². The lowest BCUT2D eigenvalue weighted by Crippen LogP contribution is -2.38. The molecular formula is C21H25FN2O4S. The number of aryl methyl sites for hydroxylation is 1. The Balaban J connectivity index is 1.89. The molecule has 8 heteroatoms. The smallest absolute Gasteiger partial charge is 0.404 e. The van der Waals surface area contributed by atoms with Gasteiger partial charge in [0.25, 0.3) is 0 Å². The fourth-order valence-corrected chi connectivity index (χ4v) is 5.75. The first kappa shape index (κ1) is 21.3. The van der Waals surface area contributed by atoms with Crippen molar-refractivity contribution in [2.45, 2.75) is 49.6 Å². The predicted molar refractivity (Wildman–Crippen MR) is 108 cm³/mol. The summed E-state index contributed by atoms with van der Waals surface area (Å²) in [5, 5.41) is 11.0. The number of halogens is 1. The molecule has 0 saturated carbocycles. The molecule has 2 atom stereocenters. The lowest BCUT2D eigenvalue weighted by molar-refractivity contribution is 0.193. The standard InChI is InChI=1S/C21H25FN2O4S/c1-15-4-11-19(12-5-15)29(27,28)24-18(3-2-14-23-21(25)26)10-13-20(24)16-6-8-17(22)9-7-16/h4-9,11-12,18,20,23H,2-3,10,13-14H2,1H3,(H,25,26)/t18-,20-/m0/s1. The van der Waals surface area contributed by atoms with Crippen LogP contribution >= 0.6 is 0 Å². The largest absolute Gasteiger partial charge is 0.465 e. The first-order chi connectivity index (χ1) is 13.8. The number of amides is 1. The molecule has 1 saturated heterocycles. The molecule has 1 aliphatic rings. The molecule has 2 aromatic carbocycles. The van der Waals surface area contributed by atoms with E-state index >= 15 is 0 Å². The zero-order valence-corrected chi connectivity index (χ0v) is 17.0. The molecule has 29 heavy (non-hydrogen) atoms. The van der Waals surface area contributed by atoms with E-state index in [1.807, 2.05) is 6.92 Å². The van der Waals surface area contributed by atoms with E-state index in [-0.39, 0.29) is 29.3 Å². The second kappa shape index (κ2) is 8.92. The van der Waals surface area contributed by atoms with E-state index in [0.717, 1.165) is 11.1 Å². The van der Waals surface area contributed by atoms with Crippen LogP contribution in [0, 0.1) is 12.7 Å². The Bertz CT molecular complexity index is 946.